The Kier molecular flexibility index (Phi) is 5.67. The average molecular weight is 539 g/mol. The first-order chi connectivity index (χ1) is 20.8. The Morgan fingerprint density at radius 2 is 0.881 bits per heavy atom. The lowest BCUT2D eigenvalue weighted by atomic mass is 10.1. The molecule has 0 spiro atoms. The van der Waals surface area contributed by atoms with E-state index in [-0.39, 0.29) is 0 Å². The van der Waals surface area contributed by atoms with Gasteiger partial charge in [0.2, 0.25) is 5.82 Å². The van der Waals surface area contributed by atoms with Gasteiger partial charge in [0.15, 0.2) is 17.5 Å². The van der Waals surface area contributed by atoms with Gasteiger partial charge in [-0.3, -0.25) is 4.98 Å². The second-order valence-corrected chi connectivity index (χ2v) is 10.1. The smallest absolute Gasteiger partial charge is 0.201 e. The van der Waals surface area contributed by atoms with E-state index in [9.17, 15) is 0 Å². The van der Waals surface area contributed by atoms with Crippen LogP contribution in [-0.2, 0) is 0 Å². The molecule has 6 heteroatoms. The third kappa shape index (κ3) is 4.32. The van der Waals surface area contributed by atoms with Crippen LogP contribution in [0.1, 0.15) is 0 Å². The van der Waals surface area contributed by atoms with Gasteiger partial charge in [-0.25, -0.2) is 24.9 Å². The minimum absolute atomic E-state index is 0.411. The zero-order valence-electron chi connectivity index (χ0n) is 22.4. The van der Waals surface area contributed by atoms with E-state index < -0.39 is 0 Å². The molecule has 0 bridgehead atoms. The molecule has 6 nitrogen and oxygen atoms in total. The third-order valence-corrected chi connectivity index (χ3v) is 7.45. The average Bonchev–Trinajstić information content (AvgIpc) is 3.07. The number of rotatable bonds is 4. The Balaban J connectivity index is 1.27. The van der Waals surface area contributed by atoms with Crippen LogP contribution in [-0.4, -0.2) is 29.9 Å². The van der Waals surface area contributed by atoms with Crippen molar-refractivity contribution in [2.75, 3.05) is 0 Å². The monoisotopic (exact) mass is 538 g/mol. The number of benzene rings is 5. The Morgan fingerprint density at radius 3 is 1.50 bits per heavy atom. The summed E-state index contributed by atoms with van der Waals surface area (Å²) in [6.07, 6.45) is 5.38. The summed E-state index contributed by atoms with van der Waals surface area (Å²) in [5.41, 5.74) is 3.46. The molecule has 0 unspecified atom stereocenters. The predicted molar refractivity (Wildman–Crippen MR) is 167 cm³/mol. The molecule has 0 amide bonds. The van der Waals surface area contributed by atoms with Crippen molar-refractivity contribution in [2.45, 2.75) is 0 Å². The van der Waals surface area contributed by atoms with E-state index in [2.05, 4.69) is 65.6 Å². The van der Waals surface area contributed by atoms with Crippen LogP contribution in [0, 0.1) is 0 Å². The van der Waals surface area contributed by atoms with E-state index in [0.29, 0.717) is 23.3 Å². The van der Waals surface area contributed by atoms with Crippen molar-refractivity contribution in [3.63, 3.8) is 0 Å². The van der Waals surface area contributed by atoms with Gasteiger partial charge < -0.3 is 0 Å². The SMILES string of the molecule is c1ccc2cc(-c3nc(-c4ccc5ccccc5c4)nc(-c4ncc(-c5nccc6ccccc56)cn4)n3)ccc2c1. The molecule has 0 N–H and O–H groups in total. The summed E-state index contributed by atoms with van der Waals surface area (Å²) in [4.78, 5) is 28.7. The number of aromatic nitrogens is 6. The van der Waals surface area contributed by atoms with Crippen molar-refractivity contribution in [2.24, 2.45) is 0 Å². The molecule has 0 atom stereocenters. The molecule has 42 heavy (non-hydrogen) atoms. The first-order valence-electron chi connectivity index (χ1n) is 13.7. The van der Waals surface area contributed by atoms with Crippen LogP contribution in [0.15, 0.2) is 134 Å². The van der Waals surface area contributed by atoms with Gasteiger partial charge in [0.05, 0.1) is 5.69 Å². The highest BCUT2D eigenvalue weighted by atomic mass is 15.1. The van der Waals surface area contributed by atoms with Gasteiger partial charge in [-0.2, -0.15) is 0 Å². The number of hydrogen-bond donors (Lipinski definition) is 0. The number of fused-ring (bicyclic) bond motifs is 3. The molecular formula is C36H22N6. The highest BCUT2D eigenvalue weighted by Gasteiger charge is 2.16. The Labute approximate surface area is 241 Å². The zero-order valence-corrected chi connectivity index (χ0v) is 22.4. The van der Waals surface area contributed by atoms with Crippen LogP contribution in [0.2, 0.25) is 0 Å². The largest absolute Gasteiger partial charge is 0.255 e. The Morgan fingerprint density at radius 1 is 0.357 bits per heavy atom. The second kappa shape index (κ2) is 9.94. The van der Waals surface area contributed by atoms with Crippen LogP contribution in [0.25, 0.3) is 78.0 Å². The molecule has 3 aromatic heterocycles. The first kappa shape index (κ1) is 24.0. The van der Waals surface area contributed by atoms with Gasteiger partial charge in [-0.05, 0) is 45.1 Å². The molecule has 196 valence electrons. The minimum Gasteiger partial charge on any atom is -0.255 e. The molecule has 5 aromatic carbocycles. The summed E-state index contributed by atoms with van der Waals surface area (Å²) in [7, 11) is 0. The van der Waals surface area contributed by atoms with Crippen LogP contribution in [0.3, 0.4) is 0 Å². The fraction of sp³-hybridized carbons (Fsp3) is 0. The molecule has 3 heterocycles. The standard InChI is InChI=1S/C36H22N6/c1-3-10-26-19-28(15-13-23(26)7-1)33-40-34(29-16-14-24-8-2-4-11-27(24)20-29)42-36(41-33)35-38-21-30(22-39-35)32-31-12-6-5-9-25(31)17-18-37-32/h1-22H. The molecule has 0 saturated heterocycles. The molecule has 0 aliphatic carbocycles. The van der Waals surface area contributed by atoms with Gasteiger partial charge in [0, 0.05) is 40.7 Å². The maximum Gasteiger partial charge on any atom is 0.201 e. The fourth-order valence-electron chi connectivity index (χ4n) is 5.31. The van der Waals surface area contributed by atoms with Crippen molar-refractivity contribution in [3.05, 3.63) is 134 Å². The van der Waals surface area contributed by atoms with Crippen molar-refractivity contribution < 1.29 is 0 Å². The summed E-state index contributed by atoms with van der Waals surface area (Å²) in [5, 5.41) is 6.72. The van der Waals surface area contributed by atoms with Crippen molar-refractivity contribution in [1.29, 1.82) is 0 Å². The molecule has 0 saturated carbocycles. The lowest BCUT2D eigenvalue weighted by Crippen LogP contribution is -2.02. The number of nitrogens with zero attached hydrogens (tertiary/aromatic N) is 6. The summed E-state index contributed by atoms with van der Waals surface area (Å²) in [6.45, 7) is 0. The predicted octanol–water partition coefficient (Wildman–Crippen LogP) is 8.18. The summed E-state index contributed by atoms with van der Waals surface area (Å²) in [5.74, 6) is 1.97. The minimum atomic E-state index is 0.411. The summed E-state index contributed by atoms with van der Waals surface area (Å²) in [6, 6.07) is 39.2. The zero-order chi connectivity index (χ0) is 27.9. The molecule has 8 rings (SSSR count). The molecular weight excluding hydrogens is 516 g/mol. The van der Waals surface area contributed by atoms with E-state index in [1.807, 2.05) is 60.8 Å². The van der Waals surface area contributed by atoms with Crippen LogP contribution in [0.4, 0.5) is 0 Å². The van der Waals surface area contributed by atoms with Gasteiger partial charge in [-0.15, -0.1) is 0 Å². The quantitative estimate of drug-likeness (QED) is 0.225. The van der Waals surface area contributed by atoms with Crippen LogP contribution < -0.4 is 0 Å². The summed E-state index contributed by atoms with van der Waals surface area (Å²) < 4.78 is 0. The van der Waals surface area contributed by atoms with Gasteiger partial charge >= 0.3 is 0 Å². The molecule has 0 aliphatic rings. The van der Waals surface area contributed by atoms with E-state index >= 15 is 0 Å². The number of pyridine rings is 1. The van der Waals surface area contributed by atoms with Crippen LogP contribution >= 0.6 is 0 Å². The van der Waals surface area contributed by atoms with E-state index in [1.165, 1.54) is 0 Å². The topological polar surface area (TPSA) is 77.3 Å². The third-order valence-electron chi connectivity index (χ3n) is 7.45. The lowest BCUT2D eigenvalue weighted by molar-refractivity contribution is 1.03. The fourth-order valence-corrected chi connectivity index (χ4v) is 5.31. The summed E-state index contributed by atoms with van der Waals surface area (Å²) >= 11 is 0. The molecule has 8 aromatic rings. The Hall–Kier alpha value is -5.88. The highest BCUT2D eigenvalue weighted by Crippen LogP contribution is 2.29. The van der Waals surface area contributed by atoms with Gasteiger partial charge in [0.25, 0.3) is 0 Å². The molecule has 0 aliphatic heterocycles. The van der Waals surface area contributed by atoms with E-state index in [0.717, 1.165) is 54.7 Å². The highest BCUT2D eigenvalue weighted by molar-refractivity contribution is 5.94. The Bertz CT molecular complexity index is 2160. The second-order valence-electron chi connectivity index (χ2n) is 10.1. The van der Waals surface area contributed by atoms with Gasteiger partial charge in [0.1, 0.15) is 0 Å². The normalized spacial score (nSPS) is 11.3. The molecule has 0 radical (unpaired) electrons. The molecule has 0 fully saturated rings. The van der Waals surface area contributed by atoms with Crippen LogP contribution in [0.5, 0.6) is 0 Å². The first-order valence-corrected chi connectivity index (χ1v) is 13.7. The van der Waals surface area contributed by atoms with Crippen molar-refractivity contribution in [1.82, 2.24) is 29.9 Å². The lowest BCUT2D eigenvalue weighted by Gasteiger charge is -2.10. The maximum absolute atomic E-state index is 4.92. The van der Waals surface area contributed by atoms with Crippen molar-refractivity contribution in [3.8, 4) is 45.7 Å². The number of hydrogen-bond acceptors (Lipinski definition) is 6. The van der Waals surface area contributed by atoms with Crippen molar-refractivity contribution >= 4 is 32.3 Å². The van der Waals surface area contributed by atoms with Gasteiger partial charge in [-0.1, -0.05) is 97.1 Å². The van der Waals surface area contributed by atoms with E-state index in [1.54, 1.807) is 12.4 Å². The van der Waals surface area contributed by atoms with E-state index in [4.69, 9.17) is 24.9 Å². The maximum atomic E-state index is 4.92.